The van der Waals surface area contributed by atoms with E-state index in [4.69, 9.17) is 0 Å². The lowest BCUT2D eigenvalue weighted by Gasteiger charge is -2.24. The minimum atomic E-state index is -3.47. The van der Waals surface area contributed by atoms with Gasteiger partial charge in [-0.05, 0) is 62.6 Å². The van der Waals surface area contributed by atoms with Gasteiger partial charge in [0.05, 0.1) is 40.5 Å². The number of nitrogens with zero attached hydrogens (tertiary/aromatic N) is 5. The summed E-state index contributed by atoms with van der Waals surface area (Å²) in [5.74, 6) is -0.295. The molecule has 3 heterocycles. The van der Waals surface area contributed by atoms with Crippen molar-refractivity contribution in [2.45, 2.75) is 0 Å². The highest BCUT2D eigenvalue weighted by Crippen LogP contribution is 2.38. The van der Waals surface area contributed by atoms with Crippen LogP contribution in [0, 0.1) is 11.3 Å². The fourth-order valence-electron chi connectivity index (χ4n) is 4.47. The predicted molar refractivity (Wildman–Crippen MR) is 153 cm³/mol. The van der Waals surface area contributed by atoms with Crippen LogP contribution in [0.25, 0.3) is 16.9 Å². The SMILES string of the molecule is CN(C)CCN(c1ccc(NC(=C2C(=O)Nc3cc(C#N)ccc32)c2ccc3nccn3c2)cc1)S(C)(=O)=O. The second kappa shape index (κ2) is 10.2. The molecule has 1 aliphatic rings. The van der Waals surface area contributed by atoms with Crippen LogP contribution < -0.4 is 14.9 Å². The van der Waals surface area contributed by atoms with Gasteiger partial charge in [0.15, 0.2) is 0 Å². The van der Waals surface area contributed by atoms with Crippen molar-refractivity contribution >= 4 is 49.9 Å². The molecule has 2 aromatic heterocycles. The van der Waals surface area contributed by atoms with E-state index in [1.54, 1.807) is 48.7 Å². The molecular weight excluding hydrogens is 514 g/mol. The number of carbonyl (C=O) groups is 1. The zero-order valence-corrected chi connectivity index (χ0v) is 22.5. The summed E-state index contributed by atoms with van der Waals surface area (Å²) in [6.07, 6.45) is 6.60. The number of imidazole rings is 1. The lowest BCUT2D eigenvalue weighted by atomic mass is 10.00. The minimum Gasteiger partial charge on any atom is -0.354 e. The van der Waals surface area contributed by atoms with Crippen LogP contribution in [0.3, 0.4) is 0 Å². The third-order valence-electron chi connectivity index (χ3n) is 6.40. The molecule has 0 saturated carbocycles. The van der Waals surface area contributed by atoms with Gasteiger partial charge in [0, 0.05) is 48.5 Å². The van der Waals surface area contributed by atoms with Gasteiger partial charge in [0.1, 0.15) is 5.65 Å². The number of rotatable bonds is 8. The van der Waals surface area contributed by atoms with Crippen molar-refractivity contribution in [1.82, 2.24) is 14.3 Å². The summed E-state index contributed by atoms with van der Waals surface area (Å²) in [6, 6.07) is 18.0. The molecular formula is C28H27N7O3S. The van der Waals surface area contributed by atoms with E-state index in [0.29, 0.717) is 52.5 Å². The second-order valence-electron chi connectivity index (χ2n) is 9.50. The fourth-order valence-corrected chi connectivity index (χ4v) is 5.39. The molecule has 11 heteroatoms. The largest absolute Gasteiger partial charge is 0.354 e. The molecule has 5 rings (SSSR count). The van der Waals surface area contributed by atoms with Gasteiger partial charge in [0.25, 0.3) is 5.91 Å². The van der Waals surface area contributed by atoms with Crippen molar-refractivity contribution in [2.24, 2.45) is 0 Å². The summed E-state index contributed by atoms with van der Waals surface area (Å²) in [4.78, 5) is 19.5. The van der Waals surface area contributed by atoms with E-state index in [-0.39, 0.29) is 5.91 Å². The van der Waals surface area contributed by atoms with Crippen molar-refractivity contribution < 1.29 is 13.2 Å². The first-order chi connectivity index (χ1) is 18.6. The van der Waals surface area contributed by atoms with Crippen LogP contribution in [0.1, 0.15) is 16.7 Å². The minimum absolute atomic E-state index is 0.295. The lowest BCUT2D eigenvalue weighted by molar-refractivity contribution is -0.110. The first kappa shape index (κ1) is 26.0. The van der Waals surface area contributed by atoms with Crippen molar-refractivity contribution in [2.75, 3.05) is 48.4 Å². The number of aromatic nitrogens is 2. The Morgan fingerprint density at radius 1 is 1.10 bits per heavy atom. The normalized spacial score (nSPS) is 14.2. The standard InChI is InChI=1S/C28H27N7O3S/c1-33(2)14-15-35(39(3,37)38)22-8-6-21(7-9-22)31-27(20-5-11-25-30-12-13-34(25)18-20)26-23-10-4-19(17-29)16-24(23)32-28(26)36/h4-13,16,18,31H,14-15H2,1-3H3,(H,32,36). The number of carbonyl (C=O) groups excluding carboxylic acids is 1. The molecule has 1 aliphatic heterocycles. The molecule has 0 unspecified atom stereocenters. The Bertz CT molecular complexity index is 1750. The molecule has 4 aromatic rings. The number of likely N-dealkylation sites (N-methyl/N-ethyl adjacent to an activating group) is 1. The average molecular weight is 542 g/mol. The lowest BCUT2D eigenvalue weighted by Crippen LogP contribution is -2.35. The van der Waals surface area contributed by atoms with E-state index in [9.17, 15) is 18.5 Å². The smallest absolute Gasteiger partial charge is 0.258 e. The van der Waals surface area contributed by atoms with Gasteiger partial charge in [-0.15, -0.1) is 0 Å². The topological polar surface area (TPSA) is 123 Å². The van der Waals surface area contributed by atoms with Crippen LogP contribution in [0.2, 0.25) is 0 Å². The Morgan fingerprint density at radius 3 is 2.56 bits per heavy atom. The van der Waals surface area contributed by atoms with E-state index in [1.165, 1.54) is 10.6 Å². The number of anilines is 3. The van der Waals surface area contributed by atoms with Crippen LogP contribution in [0.15, 0.2) is 73.2 Å². The third kappa shape index (κ3) is 5.34. The number of pyridine rings is 1. The molecule has 0 aliphatic carbocycles. The van der Waals surface area contributed by atoms with Crippen LogP contribution in [-0.2, 0) is 14.8 Å². The van der Waals surface area contributed by atoms with E-state index in [0.717, 1.165) is 11.2 Å². The van der Waals surface area contributed by atoms with E-state index < -0.39 is 10.0 Å². The van der Waals surface area contributed by atoms with Crippen molar-refractivity contribution in [3.63, 3.8) is 0 Å². The summed E-state index contributed by atoms with van der Waals surface area (Å²) in [7, 11) is 0.307. The number of benzene rings is 2. The zero-order valence-electron chi connectivity index (χ0n) is 21.7. The van der Waals surface area contributed by atoms with Gasteiger partial charge in [0.2, 0.25) is 10.0 Å². The maximum Gasteiger partial charge on any atom is 0.258 e. The Kier molecular flexibility index (Phi) is 6.82. The number of amides is 1. The molecule has 10 nitrogen and oxygen atoms in total. The molecule has 0 radical (unpaired) electrons. The van der Waals surface area contributed by atoms with Crippen molar-refractivity contribution in [3.05, 3.63) is 89.9 Å². The third-order valence-corrected chi connectivity index (χ3v) is 7.59. The number of sulfonamides is 1. The summed E-state index contributed by atoms with van der Waals surface area (Å²) < 4.78 is 28.2. The molecule has 1 amide bonds. The van der Waals surface area contributed by atoms with Gasteiger partial charge >= 0.3 is 0 Å². The summed E-state index contributed by atoms with van der Waals surface area (Å²) in [5, 5.41) is 15.6. The first-order valence-corrected chi connectivity index (χ1v) is 14.0. The van der Waals surface area contributed by atoms with E-state index in [1.807, 2.05) is 47.9 Å². The number of hydrogen-bond acceptors (Lipinski definition) is 7. The predicted octanol–water partition coefficient (Wildman–Crippen LogP) is 3.47. The second-order valence-corrected chi connectivity index (χ2v) is 11.4. The molecule has 2 aromatic carbocycles. The molecule has 0 spiro atoms. The molecule has 0 saturated heterocycles. The van der Waals surface area contributed by atoms with Gasteiger partial charge in [-0.1, -0.05) is 6.07 Å². The number of hydrogen-bond donors (Lipinski definition) is 2. The van der Waals surface area contributed by atoms with E-state index >= 15 is 0 Å². The molecule has 2 N–H and O–H groups in total. The molecule has 0 bridgehead atoms. The molecule has 39 heavy (non-hydrogen) atoms. The fraction of sp³-hybridized carbons (Fsp3) is 0.179. The number of fused-ring (bicyclic) bond motifs is 2. The van der Waals surface area contributed by atoms with E-state index in [2.05, 4.69) is 21.7 Å². The highest BCUT2D eigenvalue weighted by atomic mass is 32.2. The quantitative estimate of drug-likeness (QED) is 0.328. The summed E-state index contributed by atoms with van der Waals surface area (Å²) in [5.41, 5.74) is 5.41. The maximum absolute atomic E-state index is 13.2. The first-order valence-electron chi connectivity index (χ1n) is 12.2. The zero-order chi connectivity index (χ0) is 27.7. The number of nitriles is 1. The maximum atomic E-state index is 13.2. The van der Waals surface area contributed by atoms with Crippen LogP contribution in [0.4, 0.5) is 17.1 Å². The molecule has 0 fully saturated rings. The Labute approximate surface area is 226 Å². The highest BCUT2D eigenvalue weighted by molar-refractivity contribution is 7.92. The van der Waals surface area contributed by atoms with Gasteiger partial charge < -0.3 is 19.9 Å². The van der Waals surface area contributed by atoms with Gasteiger partial charge in [-0.25, -0.2) is 13.4 Å². The highest BCUT2D eigenvalue weighted by Gasteiger charge is 2.29. The van der Waals surface area contributed by atoms with Crippen LogP contribution in [0.5, 0.6) is 0 Å². The molecule has 198 valence electrons. The monoisotopic (exact) mass is 541 g/mol. The van der Waals surface area contributed by atoms with Gasteiger partial charge in [-0.2, -0.15) is 5.26 Å². The Morgan fingerprint density at radius 2 is 1.87 bits per heavy atom. The van der Waals surface area contributed by atoms with Crippen molar-refractivity contribution in [1.29, 1.82) is 5.26 Å². The van der Waals surface area contributed by atoms with Crippen molar-refractivity contribution in [3.8, 4) is 6.07 Å². The Balaban J connectivity index is 1.57. The summed E-state index contributed by atoms with van der Waals surface area (Å²) in [6.45, 7) is 0.891. The van der Waals surface area contributed by atoms with Crippen LogP contribution >= 0.6 is 0 Å². The van der Waals surface area contributed by atoms with Crippen LogP contribution in [-0.4, -0.2) is 62.1 Å². The number of nitrogens with one attached hydrogen (secondary N) is 2. The Hall–Kier alpha value is -4.66. The average Bonchev–Trinajstić information content (AvgIpc) is 3.49. The molecule has 0 atom stereocenters. The van der Waals surface area contributed by atoms with Gasteiger partial charge in [-0.3, -0.25) is 9.10 Å². The summed E-state index contributed by atoms with van der Waals surface area (Å²) >= 11 is 0.